The summed E-state index contributed by atoms with van der Waals surface area (Å²) in [5, 5.41) is 7.25. The van der Waals surface area contributed by atoms with Gasteiger partial charge in [-0.2, -0.15) is 4.98 Å². The lowest BCUT2D eigenvalue weighted by molar-refractivity contribution is -0.0579. The molecule has 0 bridgehead atoms. The largest absolute Gasteiger partial charge is 0.480 e. The van der Waals surface area contributed by atoms with Crippen LogP contribution in [0.2, 0.25) is 5.02 Å². The molecule has 208 valence electrons. The molecule has 3 aliphatic rings. The Morgan fingerprint density at radius 2 is 1.95 bits per heavy atom. The van der Waals surface area contributed by atoms with Crippen LogP contribution in [0.25, 0.3) is 10.9 Å². The van der Waals surface area contributed by atoms with E-state index >= 15 is 0 Å². The summed E-state index contributed by atoms with van der Waals surface area (Å²) in [7, 11) is 1.61. The van der Waals surface area contributed by atoms with Gasteiger partial charge in [-0.15, -0.1) is 0 Å². The number of hydrogen-bond donors (Lipinski definition) is 2. The fraction of sp³-hybridized carbons (Fsp3) is 0.536. The summed E-state index contributed by atoms with van der Waals surface area (Å²) < 4.78 is 36.8. The van der Waals surface area contributed by atoms with E-state index in [2.05, 4.69) is 34.4 Å². The second-order valence-corrected chi connectivity index (χ2v) is 11.8. The number of fused-ring (bicyclic) bond motifs is 3. The van der Waals surface area contributed by atoms with Gasteiger partial charge in [0.15, 0.2) is 12.4 Å². The molecule has 1 aromatic carbocycles. The Morgan fingerprint density at radius 1 is 1.21 bits per heavy atom. The molecule has 0 spiro atoms. The number of rotatable bonds is 5. The molecule has 3 aromatic rings. The standard InChI is InChI=1S/C28H33ClF2N6O2/c1-15(2)16-8-10-37(11-9-16)27-32-13-20(29)25(35-27)33-18-6-7-21-19(12-18)22-23(26(38)36(21)3)39-14-28(30,31)24(34-22)17-4-5-17/h6-7,12-13,15-17,24,34H,4-5,8-11,14H2,1-3H3,(H,32,33,35)/t24-/m0/s1. The normalized spacial score (nSPS) is 21.3. The highest BCUT2D eigenvalue weighted by Gasteiger charge is 2.51. The number of alkyl halides is 2. The Kier molecular flexibility index (Phi) is 6.56. The van der Waals surface area contributed by atoms with E-state index in [1.807, 2.05) is 12.1 Å². The zero-order valence-corrected chi connectivity index (χ0v) is 23.1. The molecule has 0 unspecified atom stereocenters. The van der Waals surface area contributed by atoms with Crippen molar-refractivity contribution in [1.29, 1.82) is 0 Å². The number of anilines is 4. The van der Waals surface area contributed by atoms with E-state index in [1.165, 1.54) is 4.57 Å². The predicted octanol–water partition coefficient (Wildman–Crippen LogP) is 5.82. The lowest BCUT2D eigenvalue weighted by Crippen LogP contribution is -2.44. The number of benzene rings is 1. The maximum absolute atomic E-state index is 14.9. The van der Waals surface area contributed by atoms with Crippen molar-refractivity contribution in [3.63, 3.8) is 0 Å². The average Bonchev–Trinajstić information content (AvgIpc) is 3.76. The van der Waals surface area contributed by atoms with Gasteiger partial charge in [0.2, 0.25) is 11.7 Å². The Bertz CT molecular complexity index is 1470. The minimum atomic E-state index is -3.10. The molecular formula is C28H33ClF2N6O2. The predicted molar refractivity (Wildman–Crippen MR) is 150 cm³/mol. The number of piperidine rings is 1. The van der Waals surface area contributed by atoms with Gasteiger partial charge < -0.3 is 24.8 Å². The van der Waals surface area contributed by atoms with Gasteiger partial charge in [-0.05, 0) is 61.6 Å². The average molecular weight is 559 g/mol. The number of halogens is 3. The third-order valence-electron chi connectivity index (χ3n) is 8.37. The van der Waals surface area contributed by atoms with Crippen LogP contribution in [0.5, 0.6) is 5.75 Å². The highest BCUT2D eigenvalue weighted by atomic mass is 35.5. The van der Waals surface area contributed by atoms with Crippen molar-refractivity contribution in [3.05, 3.63) is 39.8 Å². The van der Waals surface area contributed by atoms with Crippen LogP contribution in [0.1, 0.15) is 39.5 Å². The molecule has 6 rings (SSSR count). The number of nitrogens with one attached hydrogen (secondary N) is 2. The number of pyridine rings is 1. The van der Waals surface area contributed by atoms with E-state index in [9.17, 15) is 13.6 Å². The van der Waals surface area contributed by atoms with Gasteiger partial charge in [0.05, 0.1) is 23.4 Å². The molecule has 2 aliphatic heterocycles. The maximum atomic E-state index is 14.9. The zero-order valence-electron chi connectivity index (χ0n) is 22.3. The molecule has 1 aliphatic carbocycles. The number of hydrogen-bond acceptors (Lipinski definition) is 7. The van der Waals surface area contributed by atoms with E-state index in [-0.39, 0.29) is 11.7 Å². The molecule has 2 fully saturated rings. The summed E-state index contributed by atoms with van der Waals surface area (Å²) in [5.74, 6) is -0.909. The summed E-state index contributed by atoms with van der Waals surface area (Å²) in [6, 6.07) is 4.31. The second kappa shape index (κ2) is 9.80. The first-order valence-corrected chi connectivity index (χ1v) is 14.0. The monoisotopic (exact) mass is 558 g/mol. The fourth-order valence-corrected chi connectivity index (χ4v) is 5.93. The first-order valence-electron chi connectivity index (χ1n) is 13.6. The van der Waals surface area contributed by atoms with Gasteiger partial charge >= 0.3 is 5.92 Å². The van der Waals surface area contributed by atoms with Crippen LogP contribution in [-0.4, -0.2) is 46.2 Å². The summed E-state index contributed by atoms with van der Waals surface area (Å²) in [6.07, 6.45) is 5.23. The van der Waals surface area contributed by atoms with Crippen LogP contribution in [0.4, 0.5) is 31.9 Å². The minimum absolute atomic E-state index is 0.0860. The van der Waals surface area contributed by atoms with Crippen LogP contribution in [0.3, 0.4) is 0 Å². The Balaban J connectivity index is 1.34. The maximum Gasteiger partial charge on any atom is 0.301 e. The van der Waals surface area contributed by atoms with Crippen LogP contribution in [0.15, 0.2) is 29.2 Å². The third kappa shape index (κ3) is 4.88. The Labute approximate surface area is 230 Å². The van der Waals surface area contributed by atoms with Crippen molar-refractivity contribution in [1.82, 2.24) is 14.5 Å². The fourth-order valence-electron chi connectivity index (χ4n) is 5.79. The molecular weight excluding hydrogens is 526 g/mol. The Morgan fingerprint density at radius 3 is 2.64 bits per heavy atom. The molecule has 8 nitrogen and oxygen atoms in total. The summed E-state index contributed by atoms with van der Waals surface area (Å²) >= 11 is 6.48. The van der Waals surface area contributed by atoms with Crippen LogP contribution < -0.4 is 25.8 Å². The summed E-state index contributed by atoms with van der Waals surface area (Å²) in [4.78, 5) is 24.4. The molecule has 0 radical (unpaired) electrons. The van der Waals surface area contributed by atoms with Gasteiger partial charge in [0.25, 0.3) is 5.56 Å². The van der Waals surface area contributed by atoms with Crippen LogP contribution in [-0.2, 0) is 7.05 Å². The van der Waals surface area contributed by atoms with Gasteiger partial charge in [-0.25, -0.2) is 13.8 Å². The first kappa shape index (κ1) is 26.1. The van der Waals surface area contributed by atoms with Crippen molar-refractivity contribution in [2.24, 2.45) is 24.8 Å². The molecule has 1 atom stereocenters. The van der Waals surface area contributed by atoms with E-state index in [4.69, 9.17) is 21.3 Å². The van der Waals surface area contributed by atoms with Crippen molar-refractivity contribution in [3.8, 4) is 5.75 Å². The number of aryl methyl sites for hydroxylation is 1. The Hall–Kier alpha value is -3.14. The van der Waals surface area contributed by atoms with Gasteiger partial charge in [-0.1, -0.05) is 25.4 Å². The molecule has 11 heteroatoms. The number of aromatic nitrogens is 3. The van der Waals surface area contributed by atoms with Crippen molar-refractivity contribution in [2.45, 2.75) is 51.5 Å². The lowest BCUT2D eigenvalue weighted by Gasteiger charge is -2.34. The van der Waals surface area contributed by atoms with Crippen LogP contribution in [0, 0.1) is 17.8 Å². The quantitative estimate of drug-likeness (QED) is 0.408. The van der Waals surface area contributed by atoms with E-state index in [0.29, 0.717) is 50.9 Å². The van der Waals surface area contributed by atoms with Gasteiger partial charge in [-0.3, -0.25) is 4.79 Å². The zero-order chi connectivity index (χ0) is 27.5. The first-order chi connectivity index (χ1) is 18.6. The van der Waals surface area contributed by atoms with Crippen molar-refractivity contribution >= 4 is 45.6 Å². The second-order valence-electron chi connectivity index (χ2n) is 11.4. The number of nitrogens with zero attached hydrogens (tertiary/aromatic N) is 4. The van der Waals surface area contributed by atoms with Crippen LogP contribution >= 0.6 is 11.6 Å². The smallest absolute Gasteiger partial charge is 0.301 e. The molecule has 1 saturated heterocycles. The highest BCUT2D eigenvalue weighted by molar-refractivity contribution is 6.32. The topological polar surface area (TPSA) is 84.3 Å². The van der Waals surface area contributed by atoms with Gasteiger partial charge in [0.1, 0.15) is 5.02 Å². The summed E-state index contributed by atoms with van der Waals surface area (Å²) in [6.45, 7) is 5.47. The molecule has 2 aromatic heterocycles. The summed E-state index contributed by atoms with van der Waals surface area (Å²) in [5.41, 5.74) is 1.09. The molecule has 0 amide bonds. The van der Waals surface area contributed by atoms with E-state index in [0.717, 1.165) is 38.8 Å². The minimum Gasteiger partial charge on any atom is -0.480 e. The SMILES string of the molecule is CC(C)C1CCN(c2ncc(Cl)c(Nc3ccc4c(c3)c3c(c(=O)n4C)OCC(F)(F)[C@H](C4CC4)N3)n2)CC1. The third-order valence-corrected chi connectivity index (χ3v) is 8.65. The molecule has 39 heavy (non-hydrogen) atoms. The van der Waals surface area contributed by atoms with E-state index in [1.54, 1.807) is 19.3 Å². The van der Waals surface area contributed by atoms with Gasteiger partial charge in [0, 0.05) is 31.2 Å². The molecule has 1 saturated carbocycles. The molecule has 2 N–H and O–H groups in total. The lowest BCUT2D eigenvalue weighted by atomic mass is 9.87. The number of ether oxygens (including phenoxy) is 1. The molecule has 4 heterocycles. The van der Waals surface area contributed by atoms with Crippen molar-refractivity contribution < 1.29 is 13.5 Å². The van der Waals surface area contributed by atoms with Crippen molar-refractivity contribution in [2.75, 3.05) is 35.2 Å². The van der Waals surface area contributed by atoms with E-state index < -0.39 is 24.1 Å². The highest BCUT2D eigenvalue weighted by Crippen LogP contribution is 2.45.